The van der Waals surface area contributed by atoms with Crippen molar-refractivity contribution in [2.24, 2.45) is 5.11 Å². The number of azide groups is 1. The molecule has 0 saturated carbocycles. The summed E-state index contributed by atoms with van der Waals surface area (Å²) < 4.78 is 0. The molecule has 4 unspecified atom stereocenters. The van der Waals surface area contributed by atoms with E-state index < -0.39 is 30.3 Å². The quantitative estimate of drug-likeness (QED) is 0.205. The van der Waals surface area contributed by atoms with E-state index in [0.29, 0.717) is 0 Å². The lowest BCUT2D eigenvalue weighted by atomic mass is 10.1. The van der Waals surface area contributed by atoms with Crippen LogP contribution in [0.15, 0.2) is 5.11 Å². The minimum Gasteiger partial charge on any atom is -0.391 e. The molecule has 0 aliphatic rings. The minimum absolute atomic E-state index is 0.0935. The van der Waals surface area contributed by atoms with Crippen molar-refractivity contribution in [2.45, 2.75) is 38.3 Å². The second kappa shape index (κ2) is 9.70. The van der Waals surface area contributed by atoms with Gasteiger partial charge in [-0.25, -0.2) is 0 Å². The molecule has 0 saturated heterocycles. The number of nitrogens with zero attached hydrogens (tertiary/aromatic N) is 3. The van der Waals surface area contributed by atoms with Gasteiger partial charge in [0.2, 0.25) is 5.91 Å². The largest absolute Gasteiger partial charge is 0.391 e. The molecule has 0 heterocycles. The van der Waals surface area contributed by atoms with Crippen molar-refractivity contribution in [3.63, 3.8) is 0 Å². The summed E-state index contributed by atoms with van der Waals surface area (Å²) in [6.45, 7) is 2.44. The van der Waals surface area contributed by atoms with Crippen LogP contribution in [-0.4, -0.2) is 57.0 Å². The normalized spacial score (nSPS) is 16.4. The van der Waals surface area contributed by atoms with Crippen molar-refractivity contribution in [1.29, 1.82) is 0 Å². The number of aldehydes is 1. The molecule has 0 aromatic rings. The third kappa shape index (κ3) is 9.42. The number of rotatable bonds is 4. The minimum atomic E-state index is -1.65. The second-order valence-corrected chi connectivity index (χ2v) is 3.06. The van der Waals surface area contributed by atoms with Gasteiger partial charge < -0.3 is 25.2 Å². The van der Waals surface area contributed by atoms with Gasteiger partial charge in [-0.3, -0.25) is 4.79 Å². The summed E-state index contributed by atoms with van der Waals surface area (Å²) in [6.07, 6.45) is -5.88. The highest BCUT2D eigenvalue weighted by atomic mass is 16.4. The number of aliphatic hydroxyl groups excluding tert-OH is 4. The first-order chi connectivity index (χ1) is 7.77. The van der Waals surface area contributed by atoms with Gasteiger partial charge in [-0.05, 0) is 17.6 Å². The molecular weight excluding hydrogens is 234 g/mol. The van der Waals surface area contributed by atoms with Crippen molar-refractivity contribution in [3.05, 3.63) is 10.4 Å². The van der Waals surface area contributed by atoms with E-state index in [-0.39, 0.29) is 6.29 Å². The van der Waals surface area contributed by atoms with Crippen LogP contribution in [0.3, 0.4) is 0 Å². The standard InChI is InChI=1S/C6H12O5.C2H3N3O/c1-3(8)5(10)6(11)4(9)2-7;1-2(6)4-5-3/h2-6,8-11H,1H3;1H3. The third-order valence-electron chi connectivity index (χ3n) is 1.52. The van der Waals surface area contributed by atoms with Crippen molar-refractivity contribution in [3.8, 4) is 0 Å². The molecule has 0 aromatic carbocycles. The van der Waals surface area contributed by atoms with Gasteiger partial charge in [0.15, 0.2) is 6.29 Å². The molecule has 0 rings (SSSR count). The van der Waals surface area contributed by atoms with Crippen LogP contribution >= 0.6 is 0 Å². The first-order valence-corrected chi connectivity index (χ1v) is 4.51. The van der Waals surface area contributed by atoms with Crippen LogP contribution < -0.4 is 0 Å². The Bertz CT molecular complexity index is 289. The molecule has 0 radical (unpaired) electrons. The van der Waals surface area contributed by atoms with Gasteiger partial charge >= 0.3 is 0 Å². The molecular formula is C8H15N3O6. The van der Waals surface area contributed by atoms with E-state index in [1.807, 2.05) is 0 Å². The Balaban J connectivity index is 0. The fraction of sp³-hybridized carbons (Fsp3) is 0.750. The average Bonchev–Trinajstić information content (AvgIpc) is 2.26. The SMILES string of the molecule is CC(=O)N=[N+]=[N-].CC(O)C(O)C(O)C(O)C=O. The maximum atomic E-state index is 9.87. The molecule has 0 spiro atoms. The lowest BCUT2D eigenvalue weighted by molar-refractivity contribution is -0.132. The maximum Gasteiger partial charge on any atom is 0.215 e. The van der Waals surface area contributed by atoms with E-state index in [1.54, 1.807) is 0 Å². The predicted molar refractivity (Wildman–Crippen MR) is 55.6 cm³/mol. The highest BCUT2D eigenvalue weighted by molar-refractivity contribution is 5.73. The number of hydrogen-bond donors (Lipinski definition) is 4. The zero-order valence-corrected chi connectivity index (χ0v) is 9.33. The van der Waals surface area contributed by atoms with Gasteiger partial charge in [0.05, 0.1) is 6.10 Å². The zero-order chi connectivity index (χ0) is 14.0. The number of hydrogen-bond acceptors (Lipinski definition) is 6. The Kier molecular flexibility index (Phi) is 10.2. The average molecular weight is 249 g/mol. The number of aliphatic hydroxyl groups is 4. The number of carbonyl (C=O) groups excluding carboxylic acids is 2. The van der Waals surface area contributed by atoms with Crippen LogP contribution in [-0.2, 0) is 9.59 Å². The summed E-state index contributed by atoms with van der Waals surface area (Å²) >= 11 is 0. The van der Waals surface area contributed by atoms with E-state index in [0.717, 1.165) is 0 Å². The van der Waals surface area contributed by atoms with Crippen LogP contribution in [0, 0.1) is 0 Å². The first kappa shape index (κ1) is 17.9. The van der Waals surface area contributed by atoms with Crippen LogP contribution in [0.4, 0.5) is 0 Å². The smallest absolute Gasteiger partial charge is 0.215 e. The Morgan fingerprint density at radius 3 is 1.94 bits per heavy atom. The summed E-state index contributed by atoms with van der Waals surface area (Å²) in [7, 11) is 0. The van der Waals surface area contributed by atoms with Crippen molar-refractivity contribution in [1.82, 2.24) is 0 Å². The summed E-state index contributed by atoms with van der Waals surface area (Å²) in [4.78, 5) is 21.7. The van der Waals surface area contributed by atoms with Crippen molar-refractivity contribution < 1.29 is 30.0 Å². The van der Waals surface area contributed by atoms with E-state index in [4.69, 9.17) is 26.0 Å². The Hall–Kier alpha value is -1.51. The van der Waals surface area contributed by atoms with Crippen molar-refractivity contribution >= 4 is 12.2 Å². The molecule has 9 nitrogen and oxygen atoms in total. The number of carbonyl (C=O) groups is 2. The van der Waals surface area contributed by atoms with Gasteiger partial charge in [0, 0.05) is 11.8 Å². The summed E-state index contributed by atoms with van der Waals surface area (Å²) in [5.74, 6) is -0.502. The fourth-order valence-electron chi connectivity index (χ4n) is 0.631. The molecule has 4 atom stereocenters. The second-order valence-electron chi connectivity index (χ2n) is 3.06. The Labute approximate surface area is 96.9 Å². The van der Waals surface area contributed by atoms with Gasteiger partial charge in [0.25, 0.3) is 0 Å². The molecule has 17 heavy (non-hydrogen) atoms. The molecule has 0 aliphatic carbocycles. The van der Waals surface area contributed by atoms with Crippen LogP contribution in [0.25, 0.3) is 10.4 Å². The van der Waals surface area contributed by atoms with Crippen LogP contribution in [0.5, 0.6) is 0 Å². The first-order valence-electron chi connectivity index (χ1n) is 4.51. The molecule has 0 bridgehead atoms. The van der Waals surface area contributed by atoms with E-state index in [2.05, 4.69) is 10.0 Å². The summed E-state index contributed by atoms with van der Waals surface area (Å²) in [6, 6.07) is 0. The third-order valence-corrected chi connectivity index (χ3v) is 1.52. The molecule has 1 amide bonds. The topological polar surface area (TPSA) is 164 Å². The maximum absolute atomic E-state index is 9.87. The summed E-state index contributed by atoms with van der Waals surface area (Å²) in [5.41, 5.74) is 7.47. The zero-order valence-electron chi connectivity index (χ0n) is 9.33. The molecule has 4 N–H and O–H groups in total. The predicted octanol–water partition coefficient (Wildman–Crippen LogP) is -1.51. The molecule has 9 heteroatoms. The lowest BCUT2D eigenvalue weighted by Crippen LogP contribution is -2.43. The van der Waals surface area contributed by atoms with Crippen LogP contribution in [0.2, 0.25) is 0 Å². The van der Waals surface area contributed by atoms with Crippen molar-refractivity contribution in [2.75, 3.05) is 0 Å². The Morgan fingerprint density at radius 2 is 1.76 bits per heavy atom. The van der Waals surface area contributed by atoms with Gasteiger partial charge in [-0.1, -0.05) is 0 Å². The molecule has 0 fully saturated rings. The van der Waals surface area contributed by atoms with Crippen LogP contribution in [0.1, 0.15) is 13.8 Å². The molecule has 0 aliphatic heterocycles. The highest BCUT2D eigenvalue weighted by Crippen LogP contribution is 2.02. The highest BCUT2D eigenvalue weighted by Gasteiger charge is 2.27. The number of amides is 1. The molecule has 0 aromatic heterocycles. The fourth-order valence-corrected chi connectivity index (χ4v) is 0.631. The van der Waals surface area contributed by atoms with E-state index >= 15 is 0 Å². The molecule has 98 valence electrons. The lowest BCUT2D eigenvalue weighted by Gasteiger charge is -2.21. The van der Waals surface area contributed by atoms with Gasteiger partial charge in [-0.2, -0.15) is 0 Å². The summed E-state index contributed by atoms with van der Waals surface area (Å²) in [5, 5.41) is 37.8. The van der Waals surface area contributed by atoms with Gasteiger partial charge in [0.1, 0.15) is 18.3 Å². The van der Waals surface area contributed by atoms with Gasteiger partial charge in [-0.15, -0.1) is 0 Å². The van der Waals surface area contributed by atoms with E-state index in [9.17, 15) is 9.59 Å². The Morgan fingerprint density at radius 1 is 1.29 bits per heavy atom. The monoisotopic (exact) mass is 249 g/mol. The van der Waals surface area contributed by atoms with E-state index in [1.165, 1.54) is 13.8 Å².